The van der Waals surface area contributed by atoms with E-state index in [0.29, 0.717) is 4.47 Å². The van der Waals surface area contributed by atoms with Gasteiger partial charge in [-0.15, -0.1) is 0 Å². The molecule has 74 valence electrons. The highest BCUT2D eigenvalue weighted by molar-refractivity contribution is 14.1. The summed E-state index contributed by atoms with van der Waals surface area (Å²) < 4.78 is 1.92. The number of hydrogen-bond donors (Lipinski definition) is 0. The number of nitrogens with zero attached hydrogens (tertiary/aromatic N) is 1. The van der Waals surface area contributed by atoms with Crippen LogP contribution < -0.4 is 0 Å². The third-order valence-electron chi connectivity index (χ3n) is 1.89. The Bertz CT molecular complexity index is 262. The molecule has 0 radical (unpaired) electrons. The molecular weight excluding hydrogens is 317 g/mol. The molecule has 13 heavy (non-hydrogen) atoms. The van der Waals surface area contributed by atoms with Gasteiger partial charge in [-0.1, -0.05) is 49.1 Å². The minimum Gasteiger partial charge on any atom is -0.229 e. The van der Waals surface area contributed by atoms with Crippen molar-refractivity contribution in [2.45, 2.75) is 39.0 Å². The molecule has 0 unspecified atom stereocenters. The highest BCUT2D eigenvalue weighted by atomic mass is 127. The van der Waals surface area contributed by atoms with Crippen molar-refractivity contribution in [2.75, 3.05) is 0 Å². The fourth-order valence-electron chi connectivity index (χ4n) is 1.18. The zero-order chi connectivity index (χ0) is 9.68. The summed E-state index contributed by atoms with van der Waals surface area (Å²) in [6.07, 6.45) is 6.25. The minimum absolute atomic E-state index is 0.676. The van der Waals surface area contributed by atoms with Crippen molar-refractivity contribution < 1.29 is 0 Å². The van der Waals surface area contributed by atoms with Gasteiger partial charge < -0.3 is 0 Å². The number of hydrogen-bond acceptors (Lipinski definition) is 2. The molecule has 0 spiro atoms. The van der Waals surface area contributed by atoms with Crippen LogP contribution in [0.25, 0.3) is 0 Å². The lowest BCUT2D eigenvalue weighted by Crippen LogP contribution is -1.87. The summed E-state index contributed by atoms with van der Waals surface area (Å²) in [6, 6.07) is 0. The number of unbranched alkanes of at least 4 members (excludes halogenated alkanes) is 3. The molecule has 0 aromatic carbocycles. The number of halogens is 2. The van der Waals surface area contributed by atoms with E-state index in [9.17, 15) is 0 Å². The second-order valence-corrected chi connectivity index (χ2v) is 6.39. The lowest BCUT2D eigenvalue weighted by Gasteiger charge is -1.96. The molecule has 0 fully saturated rings. The highest BCUT2D eigenvalue weighted by Crippen LogP contribution is 2.25. The van der Waals surface area contributed by atoms with Gasteiger partial charge in [-0.25, -0.2) is 4.98 Å². The fraction of sp³-hybridized carbons (Fsp3) is 0.667. The van der Waals surface area contributed by atoms with Crippen LogP contribution in [0.5, 0.6) is 0 Å². The predicted octanol–water partition coefficient (Wildman–Crippen LogP) is 4.52. The van der Waals surface area contributed by atoms with Gasteiger partial charge in [-0.3, -0.25) is 0 Å². The number of rotatable bonds is 5. The van der Waals surface area contributed by atoms with E-state index >= 15 is 0 Å². The van der Waals surface area contributed by atoms with Crippen molar-refractivity contribution in [1.29, 1.82) is 0 Å². The summed E-state index contributed by atoms with van der Waals surface area (Å²) in [6.45, 7) is 2.23. The first-order chi connectivity index (χ1) is 6.24. The molecule has 1 nitrogen and oxygen atoms in total. The van der Waals surface area contributed by atoms with Crippen LogP contribution >= 0.6 is 45.5 Å². The van der Waals surface area contributed by atoms with E-state index in [1.54, 1.807) is 11.3 Å². The summed E-state index contributed by atoms with van der Waals surface area (Å²) in [4.78, 5) is 4.28. The number of thiazole rings is 1. The zero-order valence-electron chi connectivity index (χ0n) is 7.65. The van der Waals surface area contributed by atoms with Gasteiger partial charge in [0.2, 0.25) is 0 Å². The smallest absolute Gasteiger partial charge is 0.184 e. The molecule has 0 atom stereocenters. The maximum absolute atomic E-state index is 5.81. The lowest BCUT2D eigenvalue weighted by atomic mass is 10.1. The van der Waals surface area contributed by atoms with Crippen LogP contribution in [0.2, 0.25) is 4.47 Å². The Morgan fingerprint density at radius 3 is 2.69 bits per heavy atom. The Hall–Kier alpha value is 0.650. The molecule has 1 heterocycles. The van der Waals surface area contributed by atoms with Gasteiger partial charge in [0.15, 0.2) is 4.47 Å². The minimum atomic E-state index is 0.676. The van der Waals surface area contributed by atoms with Crippen LogP contribution in [0.1, 0.15) is 38.3 Å². The van der Waals surface area contributed by atoms with E-state index in [2.05, 4.69) is 34.5 Å². The predicted molar refractivity (Wildman–Crippen MR) is 67.7 cm³/mol. The Morgan fingerprint density at radius 2 is 2.15 bits per heavy atom. The quantitative estimate of drug-likeness (QED) is 0.571. The summed E-state index contributed by atoms with van der Waals surface area (Å²) in [5.41, 5.74) is 1.19. The van der Waals surface area contributed by atoms with E-state index in [1.165, 1.54) is 34.3 Å². The number of aryl methyl sites for hydroxylation is 1. The normalized spacial score (nSPS) is 10.7. The molecule has 1 aromatic heterocycles. The van der Waals surface area contributed by atoms with Crippen molar-refractivity contribution in [3.8, 4) is 0 Å². The first-order valence-corrected chi connectivity index (χ1v) is 6.82. The molecule has 4 heteroatoms. The Labute approximate surface area is 102 Å². The van der Waals surface area contributed by atoms with Gasteiger partial charge in [0, 0.05) is 0 Å². The van der Waals surface area contributed by atoms with Crippen LogP contribution in [-0.4, -0.2) is 4.98 Å². The molecule has 1 aromatic rings. The van der Waals surface area contributed by atoms with Gasteiger partial charge in [-0.2, -0.15) is 0 Å². The fourth-order valence-corrected chi connectivity index (χ4v) is 3.49. The zero-order valence-corrected chi connectivity index (χ0v) is 11.4. The summed E-state index contributed by atoms with van der Waals surface area (Å²) in [5, 5.41) is 0. The molecule has 0 saturated heterocycles. The van der Waals surface area contributed by atoms with Gasteiger partial charge in [0.05, 0.1) is 8.58 Å². The van der Waals surface area contributed by atoms with Crippen LogP contribution in [-0.2, 0) is 6.42 Å². The van der Waals surface area contributed by atoms with Crippen molar-refractivity contribution >= 4 is 45.5 Å². The van der Waals surface area contributed by atoms with Crippen molar-refractivity contribution in [2.24, 2.45) is 0 Å². The molecule has 0 aliphatic heterocycles. The molecule has 0 saturated carbocycles. The van der Waals surface area contributed by atoms with Gasteiger partial charge >= 0.3 is 0 Å². The monoisotopic (exact) mass is 329 g/mol. The van der Waals surface area contributed by atoms with Crippen molar-refractivity contribution in [3.05, 3.63) is 13.0 Å². The molecular formula is C9H13ClINS. The van der Waals surface area contributed by atoms with Crippen LogP contribution in [0.4, 0.5) is 0 Å². The molecule has 0 aliphatic carbocycles. The average molecular weight is 330 g/mol. The van der Waals surface area contributed by atoms with Crippen LogP contribution in [0.3, 0.4) is 0 Å². The standard InChI is InChI=1S/C9H13ClINS/c1-2-3-4-5-6-7-8(11)13-9(10)12-7/h2-6H2,1H3. The lowest BCUT2D eigenvalue weighted by molar-refractivity contribution is 0.661. The topological polar surface area (TPSA) is 12.9 Å². The molecule has 0 N–H and O–H groups in total. The SMILES string of the molecule is CCCCCCc1nc(Cl)sc1I. The highest BCUT2D eigenvalue weighted by Gasteiger charge is 2.06. The third-order valence-corrected chi connectivity index (χ3v) is 4.16. The van der Waals surface area contributed by atoms with E-state index < -0.39 is 0 Å². The van der Waals surface area contributed by atoms with Crippen LogP contribution in [0.15, 0.2) is 0 Å². The summed E-state index contributed by atoms with van der Waals surface area (Å²) >= 11 is 9.70. The first kappa shape index (κ1) is 11.7. The summed E-state index contributed by atoms with van der Waals surface area (Å²) in [5.74, 6) is 0. The summed E-state index contributed by atoms with van der Waals surface area (Å²) in [7, 11) is 0. The third kappa shape index (κ3) is 4.13. The Kier molecular flexibility index (Phi) is 5.58. The molecule has 0 bridgehead atoms. The maximum Gasteiger partial charge on any atom is 0.184 e. The Balaban J connectivity index is 2.32. The van der Waals surface area contributed by atoms with Crippen LogP contribution in [0, 0.1) is 2.88 Å². The van der Waals surface area contributed by atoms with Gasteiger partial charge in [0.1, 0.15) is 0 Å². The van der Waals surface area contributed by atoms with E-state index in [0.717, 1.165) is 6.42 Å². The largest absolute Gasteiger partial charge is 0.229 e. The average Bonchev–Trinajstić information content (AvgIpc) is 2.39. The van der Waals surface area contributed by atoms with Gasteiger partial charge in [-0.05, 0) is 35.4 Å². The van der Waals surface area contributed by atoms with E-state index in [-0.39, 0.29) is 0 Å². The van der Waals surface area contributed by atoms with Crippen molar-refractivity contribution in [3.63, 3.8) is 0 Å². The second kappa shape index (κ2) is 6.19. The number of aromatic nitrogens is 1. The molecule has 1 rings (SSSR count). The molecule has 0 amide bonds. The van der Waals surface area contributed by atoms with Gasteiger partial charge in [0.25, 0.3) is 0 Å². The second-order valence-electron chi connectivity index (χ2n) is 3.00. The first-order valence-electron chi connectivity index (χ1n) is 4.54. The van der Waals surface area contributed by atoms with E-state index in [1.807, 2.05) is 0 Å². The Morgan fingerprint density at radius 1 is 1.38 bits per heavy atom. The maximum atomic E-state index is 5.81. The van der Waals surface area contributed by atoms with E-state index in [4.69, 9.17) is 11.6 Å². The van der Waals surface area contributed by atoms with Crippen molar-refractivity contribution in [1.82, 2.24) is 4.98 Å². The molecule has 0 aliphatic rings.